The van der Waals surface area contributed by atoms with Crippen molar-refractivity contribution < 1.29 is 0 Å². The maximum Gasteiger partial charge on any atom is 0.0235 e. The van der Waals surface area contributed by atoms with Gasteiger partial charge in [-0.1, -0.05) is 13.8 Å². The van der Waals surface area contributed by atoms with Crippen LogP contribution in [0.1, 0.15) is 34.1 Å². The van der Waals surface area contributed by atoms with Gasteiger partial charge in [0.05, 0.1) is 0 Å². The molecule has 0 aromatic heterocycles. The molecule has 1 heterocycles. The van der Waals surface area contributed by atoms with Crippen molar-refractivity contribution in [2.75, 3.05) is 19.6 Å². The Hall–Kier alpha value is -0.0800. The Labute approximate surface area is 82.7 Å². The average molecular weight is 184 g/mol. The lowest BCUT2D eigenvalue weighted by atomic mass is 10.1. The van der Waals surface area contributed by atoms with Gasteiger partial charge in [0.15, 0.2) is 0 Å². The van der Waals surface area contributed by atoms with Crippen LogP contribution >= 0.6 is 0 Å². The standard InChI is InChI=1S/C11H24N2/c1-9(2)8-13(10(3)4)11-5-6-12-7-11/h9-12H,5-8H2,1-4H3. The van der Waals surface area contributed by atoms with Crippen LogP contribution in [0.15, 0.2) is 0 Å². The number of hydrogen-bond acceptors (Lipinski definition) is 2. The van der Waals surface area contributed by atoms with Gasteiger partial charge in [-0.3, -0.25) is 4.90 Å². The minimum atomic E-state index is 0.687. The second-order valence-electron chi connectivity index (χ2n) is 4.83. The second-order valence-corrected chi connectivity index (χ2v) is 4.83. The molecule has 13 heavy (non-hydrogen) atoms. The molecule has 0 spiro atoms. The van der Waals surface area contributed by atoms with E-state index in [1.54, 1.807) is 0 Å². The molecule has 0 aliphatic carbocycles. The zero-order valence-corrected chi connectivity index (χ0v) is 9.51. The molecule has 0 bridgehead atoms. The van der Waals surface area contributed by atoms with Crippen molar-refractivity contribution in [3.8, 4) is 0 Å². The summed E-state index contributed by atoms with van der Waals surface area (Å²) in [6.07, 6.45) is 1.32. The molecule has 1 saturated heterocycles. The lowest BCUT2D eigenvalue weighted by molar-refractivity contribution is 0.144. The van der Waals surface area contributed by atoms with Gasteiger partial charge >= 0.3 is 0 Å². The maximum atomic E-state index is 3.44. The summed E-state index contributed by atoms with van der Waals surface area (Å²) < 4.78 is 0. The normalized spacial score (nSPS) is 23.8. The lowest BCUT2D eigenvalue weighted by Crippen LogP contribution is -2.43. The van der Waals surface area contributed by atoms with Crippen LogP contribution in [0, 0.1) is 5.92 Å². The summed E-state index contributed by atoms with van der Waals surface area (Å²) in [5, 5.41) is 3.44. The Bertz CT molecular complexity index is 137. The zero-order chi connectivity index (χ0) is 9.84. The first-order valence-electron chi connectivity index (χ1n) is 5.57. The van der Waals surface area contributed by atoms with E-state index in [2.05, 4.69) is 37.9 Å². The topological polar surface area (TPSA) is 15.3 Å². The van der Waals surface area contributed by atoms with Crippen molar-refractivity contribution in [3.63, 3.8) is 0 Å². The molecule has 0 saturated carbocycles. The van der Waals surface area contributed by atoms with Crippen LogP contribution < -0.4 is 5.32 Å². The first kappa shape index (κ1) is 11.0. The summed E-state index contributed by atoms with van der Waals surface area (Å²) in [6, 6.07) is 1.47. The molecule has 0 aromatic carbocycles. The van der Waals surface area contributed by atoms with Gasteiger partial charge in [-0.05, 0) is 32.7 Å². The molecule has 1 aliphatic heterocycles. The van der Waals surface area contributed by atoms with Crippen LogP contribution in [0.25, 0.3) is 0 Å². The lowest BCUT2D eigenvalue weighted by Gasteiger charge is -2.33. The van der Waals surface area contributed by atoms with Gasteiger partial charge < -0.3 is 5.32 Å². The minimum absolute atomic E-state index is 0.687. The fourth-order valence-electron chi connectivity index (χ4n) is 2.13. The molecule has 1 aliphatic rings. The molecule has 2 nitrogen and oxygen atoms in total. The van der Waals surface area contributed by atoms with Crippen molar-refractivity contribution in [1.82, 2.24) is 10.2 Å². The Morgan fingerprint density at radius 2 is 2.00 bits per heavy atom. The number of rotatable bonds is 4. The molecule has 0 radical (unpaired) electrons. The van der Waals surface area contributed by atoms with Crippen LogP contribution in [0.5, 0.6) is 0 Å². The average Bonchev–Trinajstić information content (AvgIpc) is 2.50. The first-order chi connectivity index (χ1) is 6.11. The van der Waals surface area contributed by atoms with Gasteiger partial charge in [0.1, 0.15) is 0 Å². The van der Waals surface area contributed by atoms with Crippen LogP contribution in [0.2, 0.25) is 0 Å². The van der Waals surface area contributed by atoms with Crippen LogP contribution in [0.3, 0.4) is 0 Å². The monoisotopic (exact) mass is 184 g/mol. The third-order valence-corrected chi connectivity index (χ3v) is 2.74. The van der Waals surface area contributed by atoms with Crippen molar-refractivity contribution in [2.24, 2.45) is 5.92 Å². The van der Waals surface area contributed by atoms with Gasteiger partial charge in [-0.25, -0.2) is 0 Å². The molecule has 1 rings (SSSR count). The third-order valence-electron chi connectivity index (χ3n) is 2.74. The number of nitrogens with one attached hydrogen (secondary N) is 1. The highest BCUT2D eigenvalue weighted by atomic mass is 15.2. The molecule has 1 atom stereocenters. The SMILES string of the molecule is CC(C)CN(C(C)C)C1CCNC1. The van der Waals surface area contributed by atoms with Crippen LogP contribution in [-0.2, 0) is 0 Å². The van der Waals surface area contributed by atoms with Crippen molar-refractivity contribution in [2.45, 2.75) is 46.2 Å². The highest BCUT2D eigenvalue weighted by Crippen LogP contribution is 2.14. The second kappa shape index (κ2) is 4.97. The van der Waals surface area contributed by atoms with Gasteiger partial charge in [-0.2, -0.15) is 0 Å². The van der Waals surface area contributed by atoms with E-state index in [1.165, 1.54) is 26.1 Å². The molecular weight excluding hydrogens is 160 g/mol. The predicted octanol–water partition coefficient (Wildman–Crippen LogP) is 1.71. The number of hydrogen-bond donors (Lipinski definition) is 1. The van der Waals surface area contributed by atoms with Crippen LogP contribution in [0.4, 0.5) is 0 Å². The molecular formula is C11H24N2. The molecule has 1 N–H and O–H groups in total. The Balaban J connectivity index is 2.45. The third kappa shape index (κ3) is 3.28. The summed E-state index contributed by atoms with van der Waals surface area (Å²) in [6.45, 7) is 12.8. The summed E-state index contributed by atoms with van der Waals surface area (Å²) in [7, 11) is 0. The van der Waals surface area contributed by atoms with Gasteiger partial charge in [0.2, 0.25) is 0 Å². The molecule has 1 unspecified atom stereocenters. The fourth-order valence-corrected chi connectivity index (χ4v) is 2.13. The van der Waals surface area contributed by atoms with E-state index in [4.69, 9.17) is 0 Å². The van der Waals surface area contributed by atoms with Gasteiger partial charge in [0, 0.05) is 25.2 Å². The Kier molecular flexibility index (Phi) is 4.20. The first-order valence-corrected chi connectivity index (χ1v) is 5.57. The predicted molar refractivity (Wildman–Crippen MR) is 58.0 cm³/mol. The molecule has 78 valence electrons. The van der Waals surface area contributed by atoms with E-state index >= 15 is 0 Å². The minimum Gasteiger partial charge on any atom is -0.315 e. The summed E-state index contributed by atoms with van der Waals surface area (Å²) in [4.78, 5) is 2.64. The largest absolute Gasteiger partial charge is 0.315 e. The fraction of sp³-hybridized carbons (Fsp3) is 1.00. The summed E-state index contributed by atoms with van der Waals surface area (Å²) in [5.74, 6) is 0.781. The molecule has 2 heteroatoms. The molecule has 1 fully saturated rings. The zero-order valence-electron chi connectivity index (χ0n) is 9.51. The van der Waals surface area contributed by atoms with Crippen molar-refractivity contribution >= 4 is 0 Å². The van der Waals surface area contributed by atoms with E-state index < -0.39 is 0 Å². The Morgan fingerprint density at radius 3 is 2.38 bits per heavy atom. The van der Waals surface area contributed by atoms with E-state index in [9.17, 15) is 0 Å². The van der Waals surface area contributed by atoms with Gasteiger partial charge in [-0.15, -0.1) is 0 Å². The highest BCUT2D eigenvalue weighted by Gasteiger charge is 2.24. The smallest absolute Gasteiger partial charge is 0.0235 e. The summed E-state index contributed by atoms with van der Waals surface area (Å²) >= 11 is 0. The number of nitrogens with zero attached hydrogens (tertiary/aromatic N) is 1. The quantitative estimate of drug-likeness (QED) is 0.715. The van der Waals surface area contributed by atoms with E-state index in [0.717, 1.165) is 12.0 Å². The highest BCUT2D eigenvalue weighted by molar-refractivity contribution is 4.82. The van der Waals surface area contributed by atoms with E-state index in [-0.39, 0.29) is 0 Å². The molecule has 0 aromatic rings. The maximum absolute atomic E-state index is 3.44. The van der Waals surface area contributed by atoms with E-state index in [1.807, 2.05) is 0 Å². The van der Waals surface area contributed by atoms with E-state index in [0.29, 0.717) is 6.04 Å². The van der Waals surface area contributed by atoms with Gasteiger partial charge in [0.25, 0.3) is 0 Å². The van der Waals surface area contributed by atoms with Crippen molar-refractivity contribution in [1.29, 1.82) is 0 Å². The van der Waals surface area contributed by atoms with Crippen LogP contribution in [-0.4, -0.2) is 36.6 Å². The molecule has 0 amide bonds. The Morgan fingerprint density at radius 1 is 1.31 bits per heavy atom. The van der Waals surface area contributed by atoms with Crippen molar-refractivity contribution in [3.05, 3.63) is 0 Å². The summed E-state index contributed by atoms with van der Waals surface area (Å²) in [5.41, 5.74) is 0.